The summed E-state index contributed by atoms with van der Waals surface area (Å²) in [4.78, 5) is 24.8. The van der Waals surface area contributed by atoms with Gasteiger partial charge in [0, 0.05) is 20.0 Å². The van der Waals surface area contributed by atoms with Crippen LogP contribution in [-0.4, -0.2) is 49.0 Å². The molecule has 0 aromatic carbocycles. The first kappa shape index (κ1) is 14.5. The first-order chi connectivity index (χ1) is 9.25. The Balaban J connectivity index is 2.40. The fourth-order valence-electron chi connectivity index (χ4n) is 2.10. The standard InChI is InChI=1S/C10H14N4O5S/c1-13-9(7(4-12-13)10(16)19-2)14-5-6(3-8(14)15)20(11,17)18/h4,6H,3,5H2,1-2H3,(H2,11,17,18). The van der Waals surface area contributed by atoms with Crippen molar-refractivity contribution in [3.8, 4) is 0 Å². The zero-order valence-electron chi connectivity index (χ0n) is 10.9. The molecular formula is C10H14N4O5S. The van der Waals surface area contributed by atoms with Crippen LogP contribution in [0.2, 0.25) is 0 Å². The van der Waals surface area contributed by atoms with Gasteiger partial charge in [-0.15, -0.1) is 0 Å². The lowest BCUT2D eigenvalue weighted by Crippen LogP contribution is -2.33. The minimum absolute atomic E-state index is 0.0958. The molecule has 20 heavy (non-hydrogen) atoms. The maximum Gasteiger partial charge on any atom is 0.343 e. The Hall–Kier alpha value is -1.94. The predicted molar refractivity (Wildman–Crippen MR) is 68.4 cm³/mol. The lowest BCUT2D eigenvalue weighted by molar-refractivity contribution is -0.117. The number of esters is 1. The SMILES string of the molecule is COC(=O)c1cnn(C)c1N1CC(S(N)(=O)=O)CC1=O. The first-order valence-corrected chi connectivity index (χ1v) is 7.29. The summed E-state index contributed by atoms with van der Waals surface area (Å²) in [6.45, 7) is -0.110. The number of rotatable bonds is 3. The Bertz CT molecular complexity index is 665. The predicted octanol–water partition coefficient (Wildman–Crippen LogP) is -1.40. The van der Waals surface area contributed by atoms with Crippen LogP contribution in [0.1, 0.15) is 16.8 Å². The first-order valence-electron chi connectivity index (χ1n) is 5.68. The van der Waals surface area contributed by atoms with Crippen molar-refractivity contribution in [1.82, 2.24) is 9.78 Å². The molecular weight excluding hydrogens is 288 g/mol. The summed E-state index contributed by atoms with van der Waals surface area (Å²) in [6, 6.07) is 0. The van der Waals surface area contributed by atoms with Gasteiger partial charge in [-0.25, -0.2) is 18.4 Å². The Morgan fingerprint density at radius 2 is 2.20 bits per heavy atom. The number of hydrogen-bond donors (Lipinski definition) is 1. The largest absolute Gasteiger partial charge is 0.465 e. The molecule has 0 spiro atoms. The third-order valence-electron chi connectivity index (χ3n) is 3.12. The van der Waals surface area contributed by atoms with Gasteiger partial charge in [-0.1, -0.05) is 0 Å². The van der Waals surface area contributed by atoms with E-state index in [2.05, 4.69) is 9.84 Å². The molecule has 2 rings (SSSR count). The number of carbonyl (C=O) groups is 2. The molecule has 2 N–H and O–H groups in total. The number of aromatic nitrogens is 2. The highest BCUT2D eigenvalue weighted by Crippen LogP contribution is 2.27. The number of amides is 1. The number of sulfonamides is 1. The molecule has 1 fully saturated rings. The highest BCUT2D eigenvalue weighted by molar-refractivity contribution is 7.89. The second-order valence-electron chi connectivity index (χ2n) is 4.42. The van der Waals surface area contributed by atoms with Gasteiger partial charge in [-0.3, -0.25) is 14.4 Å². The van der Waals surface area contributed by atoms with Crippen LogP contribution in [-0.2, 0) is 26.6 Å². The van der Waals surface area contributed by atoms with Gasteiger partial charge in [0.2, 0.25) is 15.9 Å². The van der Waals surface area contributed by atoms with E-state index in [1.54, 1.807) is 7.05 Å². The summed E-state index contributed by atoms with van der Waals surface area (Å²) < 4.78 is 28.6. The number of anilines is 1. The minimum Gasteiger partial charge on any atom is -0.465 e. The molecule has 0 aliphatic carbocycles. The van der Waals surface area contributed by atoms with Crippen LogP contribution in [0.4, 0.5) is 5.82 Å². The van der Waals surface area contributed by atoms with Crippen LogP contribution in [0.25, 0.3) is 0 Å². The minimum atomic E-state index is -3.82. The highest BCUT2D eigenvalue weighted by atomic mass is 32.2. The summed E-state index contributed by atoms with van der Waals surface area (Å²) in [5.74, 6) is -0.884. The number of aryl methyl sites for hydroxylation is 1. The van der Waals surface area contributed by atoms with Crippen molar-refractivity contribution in [2.24, 2.45) is 12.2 Å². The van der Waals surface area contributed by atoms with Gasteiger partial charge in [-0.05, 0) is 0 Å². The third kappa shape index (κ3) is 2.39. The van der Waals surface area contributed by atoms with Crippen molar-refractivity contribution in [3.63, 3.8) is 0 Å². The van der Waals surface area contributed by atoms with Crippen molar-refractivity contribution < 1.29 is 22.7 Å². The van der Waals surface area contributed by atoms with Gasteiger partial charge < -0.3 is 4.74 Å². The molecule has 1 saturated heterocycles. The molecule has 0 radical (unpaired) electrons. The van der Waals surface area contributed by atoms with Crippen LogP contribution in [0, 0.1) is 0 Å². The normalized spacial score (nSPS) is 19.4. The fraction of sp³-hybridized carbons (Fsp3) is 0.500. The molecule has 1 aliphatic heterocycles. The Kier molecular flexibility index (Phi) is 3.52. The summed E-state index contributed by atoms with van der Waals surface area (Å²) in [6.07, 6.45) is 1.04. The molecule has 1 aromatic rings. The summed E-state index contributed by atoms with van der Waals surface area (Å²) in [5, 5.41) is 7.96. The van der Waals surface area contributed by atoms with Crippen molar-refractivity contribution >= 4 is 27.7 Å². The maximum atomic E-state index is 12.0. The van der Waals surface area contributed by atoms with Crippen LogP contribution in [0.3, 0.4) is 0 Å². The molecule has 1 atom stereocenters. The van der Waals surface area contributed by atoms with E-state index in [4.69, 9.17) is 5.14 Å². The van der Waals surface area contributed by atoms with Gasteiger partial charge in [0.05, 0.1) is 13.3 Å². The van der Waals surface area contributed by atoms with Gasteiger partial charge in [0.25, 0.3) is 0 Å². The van der Waals surface area contributed by atoms with E-state index >= 15 is 0 Å². The van der Waals surface area contributed by atoms with E-state index in [-0.39, 0.29) is 24.3 Å². The van der Waals surface area contributed by atoms with Crippen LogP contribution in [0.5, 0.6) is 0 Å². The zero-order valence-corrected chi connectivity index (χ0v) is 11.8. The maximum absolute atomic E-state index is 12.0. The van der Waals surface area contributed by atoms with Gasteiger partial charge in [0.15, 0.2) is 0 Å². The molecule has 1 aliphatic rings. The highest BCUT2D eigenvalue weighted by Gasteiger charge is 2.40. The van der Waals surface area contributed by atoms with Gasteiger partial charge in [0.1, 0.15) is 16.6 Å². The topological polar surface area (TPSA) is 125 Å². The van der Waals surface area contributed by atoms with E-state index in [1.165, 1.54) is 22.9 Å². The summed E-state index contributed by atoms with van der Waals surface area (Å²) in [7, 11) is -1.07. The van der Waals surface area contributed by atoms with E-state index in [0.717, 1.165) is 0 Å². The molecule has 9 nitrogen and oxygen atoms in total. The van der Waals surface area contributed by atoms with Crippen molar-refractivity contribution in [2.45, 2.75) is 11.7 Å². The van der Waals surface area contributed by atoms with Crippen molar-refractivity contribution in [2.75, 3.05) is 18.6 Å². The van der Waals surface area contributed by atoms with Gasteiger partial charge >= 0.3 is 5.97 Å². The third-order valence-corrected chi connectivity index (χ3v) is 4.37. The number of nitrogens with zero attached hydrogens (tertiary/aromatic N) is 3. The quantitative estimate of drug-likeness (QED) is 0.685. The molecule has 10 heteroatoms. The fourth-order valence-corrected chi connectivity index (χ4v) is 2.84. The van der Waals surface area contributed by atoms with E-state index in [9.17, 15) is 18.0 Å². The average Bonchev–Trinajstić information content (AvgIpc) is 2.91. The van der Waals surface area contributed by atoms with Crippen LogP contribution < -0.4 is 10.0 Å². The molecule has 0 bridgehead atoms. The number of methoxy groups -OCH3 is 1. The number of ether oxygens (including phenoxy) is 1. The Labute approximate surface area is 115 Å². The molecule has 0 saturated carbocycles. The number of hydrogen-bond acceptors (Lipinski definition) is 6. The van der Waals surface area contributed by atoms with Crippen LogP contribution >= 0.6 is 0 Å². The smallest absolute Gasteiger partial charge is 0.343 e. The summed E-state index contributed by atoms with van der Waals surface area (Å²) >= 11 is 0. The Morgan fingerprint density at radius 1 is 1.55 bits per heavy atom. The van der Waals surface area contributed by atoms with Gasteiger partial charge in [-0.2, -0.15) is 5.10 Å². The Morgan fingerprint density at radius 3 is 2.70 bits per heavy atom. The van der Waals surface area contributed by atoms with Crippen LogP contribution in [0.15, 0.2) is 6.20 Å². The molecule has 2 heterocycles. The lowest BCUT2D eigenvalue weighted by Gasteiger charge is -2.17. The van der Waals surface area contributed by atoms with E-state index < -0.39 is 27.1 Å². The zero-order chi connectivity index (χ0) is 15.1. The van der Waals surface area contributed by atoms with Crippen molar-refractivity contribution in [3.05, 3.63) is 11.8 Å². The molecule has 110 valence electrons. The second kappa shape index (κ2) is 4.87. The lowest BCUT2D eigenvalue weighted by atomic mass is 10.3. The average molecular weight is 302 g/mol. The molecule has 1 amide bonds. The van der Waals surface area contributed by atoms with E-state index in [1.807, 2.05) is 0 Å². The monoisotopic (exact) mass is 302 g/mol. The van der Waals surface area contributed by atoms with Crippen molar-refractivity contribution in [1.29, 1.82) is 0 Å². The van der Waals surface area contributed by atoms with E-state index in [0.29, 0.717) is 0 Å². The molecule has 1 aromatic heterocycles. The number of nitrogens with two attached hydrogens (primary N) is 1. The summed E-state index contributed by atoms with van der Waals surface area (Å²) in [5.41, 5.74) is 0.0958. The number of carbonyl (C=O) groups excluding carboxylic acids is 2. The number of primary sulfonamides is 1. The molecule has 1 unspecified atom stereocenters. The second-order valence-corrected chi connectivity index (χ2v) is 6.26.